The van der Waals surface area contributed by atoms with E-state index >= 15 is 0 Å². The zero-order chi connectivity index (χ0) is 20.5. The van der Waals surface area contributed by atoms with Crippen molar-refractivity contribution in [3.63, 3.8) is 0 Å². The predicted molar refractivity (Wildman–Crippen MR) is 118 cm³/mol. The van der Waals surface area contributed by atoms with Gasteiger partial charge in [-0.3, -0.25) is 14.6 Å². The van der Waals surface area contributed by atoms with E-state index in [-0.39, 0.29) is 11.8 Å². The van der Waals surface area contributed by atoms with Gasteiger partial charge in [-0.15, -0.1) is 11.3 Å². The molecule has 0 bridgehead atoms. The van der Waals surface area contributed by atoms with Crippen molar-refractivity contribution in [1.29, 1.82) is 0 Å². The number of aromatic nitrogens is 2. The maximum Gasteiger partial charge on any atom is 0.255 e. The van der Waals surface area contributed by atoms with Gasteiger partial charge in [0.15, 0.2) is 0 Å². The van der Waals surface area contributed by atoms with Crippen LogP contribution in [0.25, 0.3) is 21.8 Å². The minimum absolute atomic E-state index is 0.0517. The Bertz CT molecular complexity index is 1270. The van der Waals surface area contributed by atoms with Gasteiger partial charge < -0.3 is 10.6 Å². The van der Waals surface area contributed by atoms with Crippen LogP contribution in [-0.4, -0.2) is 21.8 Å². The lowest BCUT2D eigenvalue weighted by Crippen LogP contribution is -2.12. The summed E-state index contributed by atoms with van der Waals surface area (Å²) < 4.78 is 0. The smallest absolute Gasteiger partial charge is 0.255 e. The average molecular weight is 412 g/mol. The third-order valence-corrected chi connectivity index (χ3v) is 5.71. The molecular weight excluding hydrogens is 396 g/mol. The Kier molecular flexibility index (Phi) is 4.57. The van der Waals surface area contributed by atoms with Gasteiger partial charge in [-0.05, 0) is 48.0 Å². The monoisotopic (exact) mass is 412 g/mol. The number of rotatable bonds is 4. The fourth-order valence-electron chi connectivity index (χ4n) is 3.36. The molecule has 30 heavy (non-hydrogen) atoms. The van der Waals surface area contributed by atoms with E-state index < -0.39 is 0 Å². The summed E-state index contributed by atoms with van der Waals surface area (Å²) in [5.74, 6) is -0.271. The van der Waals surface area contributed by atoms with E-state index in [2.05, 4.69) is 15.6 Å². The number of amides is 2. The number of fused-ring (bicyclic) bond motifs is 1. The van der Waals surface area contributed by atoms with Crippen LogP contribution < -0.4 is 10.6 Å². The van der Waals surface area contributed by atoms with Gasteiger partial charge in [0.1, 0.15) is 5.01 Å². The van der Waals surface area contributed by atoms with E-state index in [0.29, 0.717) is 17.7 Å². The highest BCUT2D eigenvalue weighted by Gasteiger charge is 2.19. The van der Waals surface area contributed by atoms with E-state index in [4.69, 9.17) is 4.98 Å². The SMILES string of the molecule is O=C1Cc2cc(C(=O)Nc3cccc(-c4csc(-c5cccnc5)n4)c3)ccc2N1. The molecule has 2 N–H and O–H groups in total. The van der Waals surface area contributed by atoms with Crippen LogP contribution in [0.4, 0.5) is 11.4 Å². The van der Waals surface area contributed by atoms with Crippen molar-refractivity contribution >= 4 is 34.5 Å². The molecule has 0 aliphatic carbocycles. The second kappa shape index (κ2) is 7.53. The number of nitrogens with zero attached hydrogens (tertiary/aromatic N) is 2. The molecular formula is C23H16N4O2S. The Morgan fingerprint density at radius 2 is 1.97 bits per heavy atom. The molecule has 2 amide bonds. The first kappa shape index (κ1) is 18.2. The molecule has 2 aromatic heterocycles. The Labute approximate surface area is 176 Å². The van der Waals surface area contributed by atoms with Crippen LogP contribution in [-0.2, 0) is 11.2 Å². The fourth-order valence-corrected chi connectivity index (χ4v) is 4.18. The Morgan fingerprint density at radius 3 is 2.83 bits per heavy atom. The highest BCUT2D eigenvalue weighted by atomic mass is 32.1. The van der Waals surface area contributed by atoms with Gasteiger partial charge >= 0.3 is 0 Å². The first-order valence-corrected chi connectivity index (χ1v) is 10.2. The standard InChI is InChI=1S/C23H16N4O2S/c28-21-11-17-9-15(6-7-19(17)26-21)22(29)25-18-5-1-3-14(10-18)20-13-30-23(27-20)16-4-2-8-24-12-16/h1-10,12-13H,11H2,(H,25,29)(H,26,28). The molecule has 0 atom stereocenters. The highest BCUT2D eigenvalue weighted by molar-refractivity contribution is 7.13. The van der Waals surface area contributed by atoms with Gasteiger partial charge in [-0.2, -0.15) is 0 Å². The minimum atomic E-state index is -0.219. The van der Waals surface area contributed by atoms with Crippen LogP contribution in [0.3, 0.4) is 0 Å². The molecule has 0 unspecified atom stereocenters. The lowest BCUT2D eigenvalue weighted by Gasteiger charge is -2.08. The summed E-state index contributed by atoms with van der Waals surface area (Å²) in [6, 6.07) is 16.7. The fraction of sp³-hybridized carbons (Fsp3) is 0.0435. The average Bonchev–Trinajstić information content (AvgIpc) is 3.40. The summed E-state index contributed by atoms with van der Waals surface area (Å²) in [5.41, 5.74) is 5.55. The molecule has 5 rings (SSSR count). The van der Waals surface area contributed by atoms with Crippen molar-refractivity contribution in [3.8, 4) is 21.8 Å². The number of pyridine rings is 1. The topological polar surface area (TPSA) is 84.0 Å². The van der Waals surface area contributed by atoms with Crippen LogP contribution in [0.2, 0.25) is 0 Å². The molecule has 2 aromatic carbocycles. The van der Waals surface area contributed by atoms with Crippen molar-refractivity contribution in [2.45, 2.75) is 6.42 Å². The lowest BCUT2D eigenvalue weighted by atomic mass is 10.1. The van der Waals surface area contributed by atoms with Crippen LogP contribution in [0.1, 0.15) is 15.9 Å². The largest absolute Gasteiger partial charge is 0.326 e. The molecule has 4 aromatic rings. The number of thiazole rings is 1. The van der Waals surface area contributed by atoms with E-state index in [0.717, 1.165) is 33.1 Å². The van der Waals surface area contributed by atoms with Crippen molar-refractivity contribution in [2.75, 3.05) is 10.6 Å². The van der Waals surface area contributed by atoms with Crippen LogP contribution in [0, 0.1) is 0 Å². The molecule has 1 aliphatic rings. The molecule has 3 heterocycles. The van der Waals surface area contributed by atoms with Crippen LogP contribution in [0.5, 0.6) is 0 Å². The Balaban J connectivity index is 1.36. The zero-order valence-corrected chi connectivity index (χ0v) is 16.6. The number of anilines is 2. The summed E-state index contributed by atoms with van der Waals surface area (Å²) in [5, 5.41) is 8.59. The second-order valence-corrected chi connectivity index (χ2v) is 7.77. The number of hydrogen-bond donors (Lipinski definition) is 2. The molecule has 0 saturated carbocycles. The number of benzene rings is 2. The van der Waals surface area contributed by atoms with Crippen molar-refractivity contribution in [3.05, 3.63) is 83.5 Å². The van der Waals surface area contributed by atoms with Gasteiger partial charge in [0.05, 0.1) is 12.1 Å². The summed E-state index contributed by atoms with van der Waals surface area (Å²) in [6.07, 6.45) is 3.83. The van der Waals surface area contributed by atoms with Crippen LogP contribution in [0.15, 0.2) is 72.4 Å². The van der Waals surface area contributed by atoms with Gasteiger partial charge in [0.2, 0.25) is 5.91 Å². The van der Waals surface area contributed by atoms with E-state index in [1.807, 2.05) is 41.8 Å². The summed E-state index contributed by atoms with van der Waals surface area (Å²) >= 11 is 1.55. The third-order valence-electron chi connectivity index (χ3n) is 4.82. The molecule has 6 nitrogen and oxygen atoms in total. The first-order chi connectivity index (χ1) is 14.7. The van der Waals surface area contributed by atoms with Gasteiger partial charge in [-0.1, -0.05) is 12.1 Å². The zero-order valence-electron chi connectivity index (χ0n) is 15.8. The maximum atomic E-state index is 12.7. The molecule has 7 heteroatoms. The molecule has 0 radical (unpaired) electrons. The quantitative estimate of drug-likeness (QED) is 0.512. The number of carbonyl (C=O) groups excluding carboxylic acids is 2. The maximum absolute atomic E-state index is 12.7. The van der Waals surface area contributed by atoms with E-state index in [1.165, 1.54) is 0 Å². The molecule has 0 saturated heterocycles. The predicted octanol–water partition coefficient (Wildman–Crippen LogP) is 4.62. The van der Waals surface area contributed by atoms with E-state index in [1.54, 1.807) is 41.9 Å². The Hall–Kier alpha value is -3.84. The van der Waals surface area contributed by atoms with Crippen LogP contribution >= 0.6 is 11.3 Å². The summed E-state index contributed by atoms with van der Waals surface area (Å²) in [6.45, 7) is 0. The second-order valence-electron chi connectivity index (χ2n) is 6.91. The normalized spacial score (nSPS) is 12.3. The minimum Gasteiger partial charge on any atom is -0.326 e. The summed E-state index contributed by atoms with van der Waals surface area (Å²) in [7, 11) is 0. The lowest BCUT2D eigenvalue weighted by molar-refractivity contribution is -0.115. The van der Waals surface area contributed by atoms with E-state index in [9.17, 15) is 9.59 Å². The highest BCUT2D eigenvalue weighted by Crippen LogP contribution is 2.30. The third kappa shape index (κ3) is 3.58. The number of hydrogen-bond acceptors (Lipinski definition) is 5. The van der Waals surface area contributed by atoms with Crippen molar-refractivity contribution in [2.24, 2.45) is 0 Å². The summed E-state index contributed by atoms with van der Waals surface area (Å²) in [4.78, 5) is 33.1. The van der Waals surface area contributed by atoms with Gasteiger partial charge in [-0.25, -0.2) is 4.98 Å². The number of carbonyl (C=O) groups is 2. The van der Waals surface area contributed by atoms with Crippen molar-refractivity contribution in [1.82, 2.24) is 9.97 Å². The molecule has 0 fully saturated rings. The molecule has 0 spiro atoms. The number of nitrogens with one attached hydrogen (secondary N) is 2. The van der Waals surface area contributed by atoms with Gasteiger partial charge in [0.25, 0.3) is 5.91 Å². The van der Waals surface area contributed by atoms with Crippen molar-refractivity contribution < 1.29 is 9.59 Å². The Morgan fingerprint density at radius 1 is 1.07 bits per heavy atom. The molecule has 146 valence electrons. The molecule has 1 aliphatic heterocycles. The van der Waals surface area contributed by atoms with Gasteiger partial charge in [0, 0.05) is 45.8 Å². The first-order valence-electron chi connectivity index (χ1n) is 9.36.